The molecule has 3 rings (SSSR count). The Labute approximate surface area is 178 Å². The Balaban J connectivity index is 1.40. The number of amides is 3. The van der Waals surface area contributed by atoms with Gasteiger partial charge < -0.3 is 10.1 Å². The van der Waals surface area contributed by atoms with Gasteiger partial charge >= 0.3 is 0 Å². The zero-order valence-corrected chi connectivity index (χ0v) is 17.1. The van der Waals surface area contributed by atoms with E-state index in [0.717, 1.165) is 5.56 Å². The summed E-state index contributed by atoms with van der Waals surface area (Å²) in [6, 6.07) is 12.2. The van der Waals surface area contributed by atoms with Crippen LogP contribution in [0.1, 0.15) is 24.8 Å². The van der Waals surface area contributed by atoms with Gasteiger partial charge in [0.25, 0.3) is 0 Å². The average Bonchev–Trinajstić information content (AvgIpc) is 2.99. The molecule has 0 bridgehead atoms. The largest absolute Gasteiger partial charge is 0.492 e. The fraction of sp³-hybridized carbons (Fsp3) is 0.286. The maximum absolute atomic E-state index is 12.1. The first-order valence-corrected chi connectivity index (χ1v) is 9.96. The van der Waals surface area contributed by atoms with E-state index in [1.165, 1.54) is 0 Å². The van der Waals surface area contributed by atoms with E-state index in [0.29, 0.717) is 47.4 Å². The Bertz CT molecular complexity index is 915. The molecule has 152 valence electrons. The van der Waals surface area contributed by atoms with Crippen molar-refractivity contribution in [1.82, 2.24) is 5.32 Å². The monoisotopic (exact) mass is 434 g/mol. The van der Waals surface area contributed by atoms with Gasteiger partial charge in [-0.25, -0.2) is 0 Å². The van der Waals surface area contributed by atoms with E-state index in [9.17, 15) is 14.4 Å². The zero-order chi connectivity index (χ0) is 20.8. The predicted molar refractivity (Wildman–Crippen MR) is 111 cm³/mol. The molecule has 29 heavy (non-hydrogen) atoms. The smallest absolute Gasteiger partial charge is 0.230 e. The number of ether oxygens (including phenoxy) is 1. The molecule has 2 aromatic carbocycles. The molecule has 0 aliphatic carbocycles. The van der Waals surface area contributed by atoms with E-state index in [2.05, 4.69) is 10.6 Å². The third-order valence-corrected chi connectivity index (χ3v) is 5.02. The van der Waals surface area contributed by atoms with Crippen molar-refractivity contribution in [1.29, 1.82) is 0 Å². The highest BCUT2D eigenvalue weighted by atomic mass is 35.5. The highest BCUT2D eigenvalue weighted by Gasteiger charge is 2.30. The van der Waals surface area contributed by atoms with Crippen LogP contribution in [0.15, 0.2) is 42.5 Å². The van der Waals surface area contributed by atoms with Crippen molar-refractivity contribution in [2.75, 3.05) is 11.9 Å². The topological polar surface area (TPSA) is 84.5 Å². The fourth-order valence-corrected chi connectivity index (χ4v) is 3.47. The second-order valence-electron chi connectivity index (χ2n) is 6.79. The number of nitrogens with one attached hydrogen (secondary N) is 2. The molecule has 1 aliphatic rings. The molecule has 1 atom stereocenters. The third kappa shape index (κ3) is 6.21. The van der Waals surface area contributed by atoms with Crippen LogP contribution < -0.4 is 15.4 Å². The summed E-state index contributed by atoms with van der Waals surface area (Å²) in [6.45, 7) is 0.357. The third-order valence-electron chi connectivity index (χ3n) is 4.48. The lowest BCUT2D eigenvalue weighted by molar-refractivity contribution is -0.125. The van der Waals surface area contributed by atoms with Gasteiger partial charge in [0.05, 0.1) is 17.5 Å². The van der Waals surface area contributed by atoms with Gasteiger partial charge in [0.2, 0.25) is 17.7 Å². The molecule has 6 nitrogen and oxygen atoms in total. The molecule has 1 aliphatic heterocycles. The van der Waals surface area contributed by atoms with Crippen LogP contribution in [0.25, 0.3) is 0 Å². The SMILES string of the molecule is O=C1CC(Cc2ccc(NC(=O)CCCOc3ccc(Cl)cc3Cl)cc2)C(=O)N1. The van der Waals surface area contributed by atoms with Crippen molar-refractivity contribution >= 4 is 46.6 Å². The summed E-state index contributed by atoms with van der Waals surface area (Å²) in [7, 11) is 0. The Morgan fingerprint density at radius 3 is 2.55 bits per heavy atom. The van der Waals surface area contributed by atoms with Gasteiger partial charge in [0.1, 0.15) is 5.75 Å². The fourth-order valence-electron chi connectivity index (χ4n) is 3.01. The Hall–Kier alpha value is -2.57. The quantitative estimate of drug-likeness (QED) is 0.485. The molecule has 3 amide bonds. The number of imide groups is 1. The van der Waals surface area contributed by atoms with Crippen LogP contribution in [0.2, 0.25) is 10.0 Å². The van der Waals surface area contributed by atoms with E-state index in [4.69, 9.17) is 27.9 Å². The van der Waals surface area contributed by atoms with Crippen molar-refractivity contribution < 1.29 is 19.1 Å². The van der Waals surface area contributed by atoms with Crippen molar-refractivity contribution in [3.63, 3.8) is 0 Å². The normalized spacial score (nSPS) is 15.9. The second-order valence-corrected chi connectivity index (χ2v) is 7.63. The molecule has 0 aromatic heterocycles. The van der Waals surface area contributed by atoms with E-state index in [1.807, 2.05) is 12.1 Å². The molecule has 2 N–H and O–H groups in total. The minimum Gasteiger partial charge on any atom is -0.492 e. The second kappa shape index (κ2) is 9.76. The van der Waals surface area contributed by atoms with E-state index < -0.39 is 0 Å². The minimum absolute atomic E-state index is 0.121. The number of hydrogen-bond acceptors (Lipinski definition) is 4. The molecular weight excluding hydrogens is 415 g/mol. The van der Waals surface area contributed by atoms with E-state index >= 15 is 0 Å². The summed E-state index contributed by atoms with van der Waals surface area (Å²) in [5, 5.41) is 6.10. The predicted octanol–water partition coefficient (Wildman–Crippen LogP) is 4.00. The number of halogens is 2. The number of benzene rings is 2. The lowest BCUT2D eigenvalue weighted by atomic mass is 9.98. The summed E-state index contributed by atoms with van der Waals surface area (Å²) in [5.74, 6) is -0.369. The summed E-state index contributed by atoms with van der Waals surface area (Å²) in [6.07, 6.45) is 1.56. The van der Waals surface area contributed by atoms with Gasteiger partial charge in [-0.15, -0.1) is 0 Å². The Kier molecular flexibility index (Phi) is 7.12. The minimum atomic E-state index is -0.322. The Morgan fingerprint density at radius 1 is 1.14 bits per heavy atom. The van der Waals surface area contributed by atoms with E-state index in [-0.39, 0.29) is 30.1 Å². The van der Waals surface area contributed by atoms with Crippen LogP contribution in [0.3, 0.4) is 0 Å². The summed E-state index contributed by atoms with van der Waals surface area (Å²) < 4.78 is 5.56. The highest BCUT2D eigenvalue weighted by molar-refractivity contribution is 6.35. The number of hydrogen-bond donors (Lipinski definition) is 2. The number of carbonyl (C=O) groups excluding carboxylic acids is 3. The first-order valence-electron chi connectivity index (χ1n) is 9.21. The van der Waals surface area contributed by atoms with Gasteiger partial charge in [0, 0.05) is 23.6 Å². The van der Waals surface area contributed by atoms with Gasteiger partial charge in [-0.3, -0.25) is 19.7 Å². The first-order chi connectivity index (χ1) is 13.9. The molecule has 8 heteroatoms. The lowest BCUT2D eigenvalue weighted by Gasteiger charge is -2.10. The van der Waals surface area contributed by atoms with Crippen LogP contribution in [0, 0.1) is 5.92 Å². The van der Waals surface area contributed by atoms with Gasteiger partial charge in [-0.2, -0.15) is 0 Å². The maximum atomic E-state index is 12.1. The maximum Gasteiger partial charge on any atom is 0.230 e. The van der Waals surface area contributed by atoms with E-state index in [1.54, 1.807) is 30.3 Å². The molecule has 1 unspecified atom stereocenters. The van der Waals surface area contributed by atoms with Crippen molar-refractivity contribution in [2.24, 2.45) is 5.92 Å². The van der Waals surface area contributed by atoms with Crippen molar-refractivity contribution in [2.45, 2.75) is 25.7 Å². The summed E-state index contributed by atoms with van der Waals surface area (Å²) in [4.78, 5) is 35.0. The number of carbonyl (C=O) groups is 3. The van der Waals surface area contributed by atoms with Gasteiger partial charge in [-0.1, -0.05) is 35.3 Å². The average molecular weight is 435 g/mol. The van der Waals surface area contributed by atoms with Crippen LogP contribution in [0.5, 0.6) is 5.75 Å². The zero-order valence-electron chi connectivity index (χ0n) is 15.5. The molecule has 0 spiro atoms. The lowest BCUT2D eigenvalue weighted by Crippen LogP contribution is -2.22. The standard InChI is InChI=1S/C21H20Cl2N2O4/c22-15-5-8-18(17(23)12-15)29-9-1-2-19(26)24-16-6-3-13(4-7-16)10-14-11-20(27)25-21(14)28/h3-8,12,14H,1-2,9-11H2,(H,24,26)(H,25,27,28). The summed E-state index contributed by atoms with van der Waals surface area (Å²) >= 11 is 11.9. The van der Waals surface area contributed by atoms with Gasteiger partial charge in [-0.05, 0) is 48.7 Å². The molecule has 1 fully saturated rings. The van der Waals surface area contributed by atoms with Crippen molar-refractivity contribution in [3.05, 3.63) is 58.1 Å². The Morgan fingerprint density at radius 2 is 1.90 bits per heavy atom. The molecular formula is C21H20Cl2N2O4. The van der Waals surface area contributed by atoms with Crippen molar-refractivity contribution in [3.8, 4) is 5.75 Å². The number of anilines is 1. The van der Waals surface area contributed by atoms with Gasteiger partial charge in [0.15, 0.2) is 0 Å². The molecule has 1 heterocycles. The molecule has 1 saturated heterocycles. The van der Waals surface area contributed by atoms with Crippen LogP contribution in [-0.4, -0.2) is 24.3 Å². The van der Waals surface area contributed by atoms with Crippen LogP contribution in [0.4, 0.5) is 5.69 Å². The molecule has 0 radical (unpaired) electrons. The first kappa shape index (κ1) is 21.1. The molecule has 0 saturated carbocycles. The summed E-state index contributed by atoms with van der Waals surface area (Å²) in [5.41, 5.74) is 1.61. The van der Waals surface area contributed by atoms with Crippen LogP contribution >= 0.6 is 23.2 Å². The van der Waals surface area contributed by atoms with Crippen LogP contribution in [-0.2, 0) is 20.8 Å². The number of rotatable bonds is 8. The highest BCUT2D eigenvalue weighted by Crippen LogP contribution is 2.27. The molecule has 2 aromatic rings.